The Balaban J connectivity index is 1.50. The number of nitrogens with zero attached hydrogens (tertiary/aromatic N) is 4. The third-order valence-electron chi connectivity index (χ3n) is 4.92. The predicted octanol–water partition coefficient (Wildman–Crippen LogP) is 1.03. The van der Waals surface area contributed by atoms with Crippen molar-refractivity contribution in [2.45, 2.75) is 6.42 Å². The van der Waals surface area contributed by atoms with Crippen molar-refractivity contribution in [1.82, 2.24) is 25.2 Å². The van der Waals surface area contributed by atoms with E-state index in [1.54, 1.807) is 18.2 Å². The van der Waals surface area contributed by atoms with Crippen LogP contribution in [0.4, 0.5) is 4.79 Å². The first kappa shape index (κ1) is 14.0. The lowest BCUT2D eigenvalue weighted by molar-refractivity contribution is 0.0642. The summed E-state index contributed by atoms with van der Waals surface area (Å²) in [7, 11) is 0. The molecular weight excluding hydrogens is 298 g/mol. The highest BCUT2D eigenvalue weighted by atomic mass is 16.4. The van der Waals surface area contributed by atoms with Gasteiger partial charge in [0.2, 0.25) is 0 Å². The second-order valence-corrected chi connectivity index (χ2v) is 6.27. The van der Waals surface area contributed by atoms with Gasteiger partial charge in [-0.2, -0.15) is 15.4 Å². The molecule has 2 aromatic rings. The van der Waals surface area contributed by atoms with Crippen LogP contribution in [-0.4, -0.2) is 68.5 Å². The number of carbonyl (C=O) groups is 2. The van der Waals surface area contributed by atoms with Crippen LogP contribution in [0.5, 0.6) is 0 Å². The molecule has 2 N–H and O–H groups in total. The van der Waals surface area contributed by atoms with Crippen LogP contribution in [0.3, 0.4) is 0 Å². The Morgan fingerprint density at radius 1 is 1.09 bits per heavy atom. The summed E-state index contributed by atoms with van der Waals surface area (Å²) in [5.41, 5.74) is 2.00. The first-order valence-corrected chi connectivity index (χ1v) is 7.69. The minimum Gasteiger partial charge on any atom is -0.465 e. The van der Waals surface area contributed by atoms with Crippen LogP contribution in [0.2, 0.25) is 0 Å². The van der Waals surface area contributed by atoms with Crippen molar-refractivity contribution in [3.63, 3.8) is 0 Å². The molecule has 2 saturated heterocycles. The molecule has 2 aliphatic heterocycles. The van der Waals surface area contributed by atoms with Gasteiger partial charge in [0.05, 0.1) is 0 Å². The molecule has 1 aromatic carbocycles. The number of carbonyl (C=O) groups excluding carboxylic acids is 1. The van der Waals surface area contributed by atoms with Crippen LogP contribution in [-0.2, 0) is 0 Å². The van der Waals surface area contributed by atoms with Crippen molar-refractivity contribution in [2.75, 3.05) is 26.2 Å². The number of carboxylic acid groups (broad SMARTS) is 1. The Kier molecular flexibility index (Phi) is 3.17. The fourth-order valence-corrected chi connectivity index (χ4v) is 3.67. The summed E-state index contributed by atoms with van der Waals surface area (Å²) in [6.45, 7) is 2.40. The first-order chi connectivity index (χ1) is 11.1. The van der Waals surface area contributed by atoms with Crippen LogP contribution in [0.15, 0.2) is 18.2 Å². The van der Waals surface area contributed by atoms with E-state index in [-0.39, 0.29) is 11.8 Å². The highest BCUT2D eigenvalue weighted by Crippen LogP contribution is 2.31. The van der Waals surface area contributed by atoms with E-state index in [1.165, 1.54) is 4.90 Å². The highest BCUT2D eigenvalue weighted by molar-refractivity contribution is 5.97. The number of aromatic amines is 1. The summed E-state index contributed by atoms with van der Waals surface area (Å²) in [4.78, 5) is 27.1. The predicted molar refractivity (Wildman–Crippen MR) is 81.0 cm³/mol. The first-order valence-electron chi connectivity index (χ1n) is 7.69. The number of H-pyrrole nitrogens is 1. The zero-order valence-corrected chi connectivity index (χ0v) is 12.5. The van der Waals surface area contributed by atoms with Gasteiger partial charge in [0, 0.05) is 31.7 Å². The molecule has 0 unspecified atom stereocenters. The number of fused-ring (bicyclic) bond motifs is 2. The summed E-state index contributed by atoms with van der Waals surface area (Å²) in [6, 6.07) is 5.28. The molecule has 4 rings (SSSR count). The number of likely N-dealkylation sites (tertiary alicyclic amines) is 2. The number of rotatable bonds is 1. The van der Waals surface area contributed by atoms with E-state index < -0.39 is 6.09 Å². The largest absolute Gasteiger partial charge is 0.465 e. The second-order valence-electron chi connectivity index (χ2n) is 6.27. The van der Waals surface area contributed by atoms with Crippen LogP contribution >= 0.6 is 0 Å². The Labute approximate surface area is 132 Å². The number of hydrogen-bond donors (Lipinski definition) is 2. The summed E-state index contributed by atoms with van der Waals surface area (Å²) in [6.07, 6.45) is -0.0133. The molecule has 0 aliphatic carbocycles. The normalized spacial score (nSPS) is 24.0. The molecule has 8 nitrogen and oxygen atoms in total. The van der Waals surface area contributed by atoms with Gasteiger partial charge in [-0.1, -0.05) is 0 Å². The summed E-state index contributed by atoms with van der Waals surface area (Å²) >= 11 is 0. The minimum atomic E-state index is -0.867. The van der Waals surface area contributed by atoms with Gasteiger partial charge in [-0.25, -0.2) is 4.79 Å². The molecule has 0 saturated carbocycles. The maximum absolute atomic E-state index is 12.7. The van der Waals surface area contributed by atoms with Gasteiger partial charge < -0.3 is 14.9 Å². The maximum atomic E-state index is 12.7. The van der Waals surface area contributed by atoms with Crippen molar-refractivity contribution in [3.05, 3.63) is 23.8 Å². The van der Waals surface area contributed by atoms with Gasteiger partial charge in [-0.15, -0.1) is 0 Å². The van der Waals surface area contributed by atoms with Crippen molar-refractivity contribution >= 4 is 23.0 Å². The van der Waals surface area contributed by atoms with Gasteiger partial charge in [-0.3, -0.25) is 4.79 Å². The van der Waals surface area contributed by atoms with E-state index in [1.807, 2.05) is 4.90 Å². The minimum absolute atomic E-state index is 0.0258. The molecule has 2 atom stereocenters. The summed E-state index contributed by atoms with van der Waals surface area (Å²) in [5, 5.41) is 19.7. The fraction of sp³-hybridized carbons (Fsp3) is 0.467. The quantitative estimate of drug-likeness (QED) is 0.818. The molecule has 0 bridgehead atoms. The van der Waals surface area contributed by atoms with Gasteiger partial charge in [0.25, 0.3) is 5.91 Å². The number of nitrogens with one attached hydrogen (secondary N) is 1. The lowest BCUT2D eigenvalue weighted by Gasteiger charge is -2.34. The summed E-state index contributed by atoms with van der Waals surface area (Å²) in [5.74, 6) is 0.579. The molecule has 2 fully saturated rings. The molecule has 0 spiro atoms. The zero-order valence-electron chi connectivity index (χ0n) is 12.5. The van der Waals surface area contributed by atoms with E-state index in [0.29, 0.717) is 43.2 Å². The lowest BCUT2D eigenvalue weighted by Crippen LogP contribution is -2.43. The molecule has 120 valence electrons. The Hall–Kier alpha value is -2.64. The van der Waals surface area contributed by atoms with Crippen LogP contribution in [0.1, 0.15) is 16.8 Å². The smallest absolute Gasteiger partial charge is 0.407 e. The van der Waals surface area contributed by atoms with Gasteiger partial charge in [0.15, 0.2) is 0 Å². The van der Waals surface area contributed by atoms with E-state index in [0.717, 1.165) is 11.9 Å². The van der Waals surface area contributed by atoms with E-state index in [2.05, 4.69) is 15.4 Å². The average molecular weight is 315 g/mol. The van der Waals surface area contributed by atoms with Crippen molar-refractivity contribution in [2.24, 2.45) is 11.8 Å². The maximum Gasteiger partial charge on any atom is 0.407 e. The van der Waals surface area contributed by atoms with E-state index in [4.69, 9.17) is 5.11 Å². The lowest BCUT2D eigenvalue weighted by atomic mass is 9.88. The second kappa shape index (κ2) is 5.22. The molecule has 1 aromatic heterocycles. The number of piperidine rings is 1. The van der Waals surface area contributed by atoms with Crippen molar-refractivity contribution in [1.29, 1.82) is 0 Å². The van der Waals surface area contributed by atoms with Crippen LogP contribution in [0.25, 0.3) is 11.0 Å². The molecule has 2 aliphatic rings. The topological polar surface area (TPSA) is 102 Å². The number of hydrogen-bond acceptors (Lipinski definition) is 4. The third-order valence-corrected chi connectivity index (χ3v) is 4.92. The van der Waals surface area contributed by atoms with Crippen molar-refractivity contribution in [3.8, 4) is 0 Å². The zero-order chi connectivity index (χ0) is 16.0. The molecule has 3 heterocycles. The molecule has 23 heavy (non-hydrogen) atoms. The molecule has 2 amide bonds. The van der Waals surface area contributed by atoms with Gasteiger partial charge in [0.1, 0.15) is 11.0 Å². The van der Waals surface area contributed by atoms with E-state index in [9.17, 15) is 9.59 Å². The number of amides is 2. The Bertz CT molecular complexity index is 773. The highest BCUT2D eigenvalue weighted by Gasteiger charge is 2.40. The van der Waals surface area contributed by atoms with Crippen LogP contribution in [0, 0.1) is 11.8 Å². The molecule has 8 heteroatoms. The standard InChI is InChI=1S/C15H17N5O3/c21-14(9-1-2-12-13(5-9)17-18-16-12)19-4-3-10-6-20(15(22)23)8-11(10)7-19/h1-2,5,10-11H,3-4,6-8H2,(H,22,23)(H,16,17,18)/t10-,11-/m1/s1. The van der Waals surface area contributed by atoms with Crippen molar-refractivity contribution < 1.29 is 14.7 Å². The SMILES string of the molecule is O=C(O)N1C[C@H]2CCN(C(=O)c3ccc4n[nH]nc4c3)C[C@@H]2C1. The van der Waals surface area contributed by atoms with E-state index >= 15 is 0 Å². The summed E-state index contributed by atoms with van der Waals surface area (Å²) < 4.78 is 0. The number of aromatic nitrogens is 3. The fourth-order valence-electron chi connectivity index (χ4n) is 3.67. The monoisotopic (exact) mass is 315 g/mol. The Morgan fingerprint density at radius 3 is 2.65 bits per heavy atom. The number of benzene rings is 1. The molecular formula is C15H17N5O3. The molecule has 0 radical (unpaired) electrons. The third kappa shape index (κ3) is 2.39. The Morgan fingerprint density at radius 2 is 1.83 bits per heavy atom. The van der Waals surface area contributed by atoms with Gasteiger partial charge in [-0.05, 0) is 36.5 Å². The van der Waals surface area contributed by atoms with Gasteiger partial charge >= 0.3 is 6.09 Å². The average Bonchev–Trinajstić information content (AvgIpc) is 3.19. The van der Waals surface area contributed by atoms with Crippen LogP contribution < -0.4 is 0 Å².